The lowest BCUT2D eigenvalue weighted by Gasteiger charge is -2.19. The van der Waals surface area contributed by atoms with Crippen LogP contribution in [0.15, 0.2) is 24.3 Å². The Morgan fingerprint density at radius 2 is 2.00 bits per heavy atom. The normalized spacial score (nSPS) is 11.6. The fourth-order valence-electron chi connectivity index (χ4n) is 1.06. The largest absolute Gasteiger partial charge is 0.326 e. The molecular weight excluding hydrogens is 212 g/mol. The number of halogens is 1. The van der Waals surface area contributed by atoms with Gasteiger partial charge in [0.15, 0.2) is 0 Å². The van der Waals surface area contributed by atoms with E-state index in [-0.39, 0.29) is 5.91 Å². The highest BCUT2D eigenvalue weighted by Crippen LogP contribution is 2.11. The van der Waals surface area contributed by atoms with Crippen LogP contribution in [-0.4, -0.2) is 23.9 Å². The molecule has 0 radical (unpaired) electrons. The molecule has 0 aliphatic carbocycles. The van der Waals surface area contributed by atoms with Gasteiger partial charge in [-0.05, 0) is 31.2 Å². The standard InChI is InChI=1S/C11H11ClN2O/c1-8(7-13)14(2)11(15)9-3-5-10(12)6-4-9/h3-6,8H,1-2H3. The second-order valence-corrected chi connectivity index (χ2v) is 3.66. The quantitative estimate of drug-likeness (QED) is 0.771. The Balaban J connectivity index is 2.86. The predicted octanol–water partition coefficient (Wildman–Crippen LogP) is 2.32. The smallest absolute Gasteiger partial charge is 0.254 e. The van der Waals surface area contributed by atoms with E-state index in [4.69, 9.17) is 16.9 Å². The van der Waals surface area contributed by atoms with Gasteiger partial charge in [-0.3, -0.25) is 4.79 Å². The van der Waals surface area contributed by atoms with Gasteiger partial charge in [-0.15, -0.1) is 0 Å². The maximum absolute atomic E-state index is 11.8. The average Bonchev–Trinajstić information content (AvgIpc) is 2.27. The van der Waals surface area contributed by atoms with Gasteiger partial charge in [0, 0.05) is 17.6 Å². The Morgan fingerprint density at radius 3 is 2.47 bits per heavy atom. The summed E-state index contributed by atoms with van der Waals surface area (Å²) in [6, 6.07) is 8.16. The number of nitrogens with zero attached hydrogens (tertiary/aromatic N) is 2. The molecule has 1 aromatic carbocycles. The van der Waals surface area contributed by atoms with Crippen LogP contribution in [0.2, 0.25) is 5.02 Å². The first-order valence-corrected chi connectivity index (χ1v) is 4.86. The van der Waals surface area contributed by atoms with Crippen molar-refractivity contribution < 1.29 is 4.79 Å². The highest BCUT2D eigenvalue weighted by atomic mass is 35.5. The highest BCUT2D eigenvalue weighted by Gasteiger charge is 2.16. The van der Waals surface area contributed by atoms with Gasteiger partial charge in [-0.2, -0.15) is 5.26 Å². The van der Waals surface area contributed by atoms with Crippen molar-refractivity contribution in [3.8, 4) is 6.07 Å². The summed E-state index contributed by atoms with van der Waals surface area (Å²) in [5.74, 6) is -0.180. The molecule has 0 spiro atoms. The summed E-state index contributed by atoms with van der Waals surface area (Å²) in [5.41, 5.74) is 0.531. The molecule has 0 saturated heterocycles. The maximum Gasteiger partial charge on any atom is 0.254 e. The second-order valence-electron chi connectivity index (χ2n) is 3.23. The molecular formula is C11H11ClN2O. The molecule has 4 heteroatoms. The zero-order valence-electron chi connectivity index (χ0n) is 8.57. The third-order valence-corrected chi connectivity index (χ3v) is 2.43. The molecule has 0 saturated carbocycles. The van der Waals surface area contributed by atoms with Crippen LogP contribution < -0.4 is 0 Å². The lowest BCUT2D eigenvalue weighted by molar-refractivity contribution is 0.0773. The van der Waals surface area contributed by atoms with Crippen LogP contribution in [-0.2, 0) is 0 Å². The van der Waals surface area contributed by atoms with Crippen LogP contribution in [0.1, 0.15) is 17.3 Å². The molecule has 78 valence electrons. The first kappa shape index (κ1) is 11.5. The summed E-state index contributed by atoms with van der Waals surface area (Å²) in [5, 5.41) is 9.27. The van der Waals surface area contributed by atoms with Gasteiger partial charge in [0.1, 0.15) is 6.04 Å². The minimum atomic E-state index is -0.437. The first-order chi connectivity index (χ1) is 7.06. The van der Waals surface area contributed by atoms with Crippen LogP contribution in [0.3, 0.4) is 0 Å². The summed E-state index contributed by atoms with van der Waals surface area (Å²) in [4.78, 5) is 13.2. The van der Waals surface area contributed by atoms with Gasteiger partial charge in [0.2, 0.25) is 0 Å². The van der Waals surface area contributed by atoms with Gasteiger partial charge < -0.3 is 4.90 Å². The maximum atomic E-state index is 11.8. The van der Waals surface area contributed by atoms with Crippen molar-refractivity contribution in [2.24, 2.45) is 0 Å². The van der Waals surface area contributed by atoms with Crippen molar-refractivity contribution in [1.82, 2.24) is 4.90 Å². The number of carbonyl (C=O) groups excluding carboxylic acids is 1. The van der Waals surface area contributed by atoms with Gasteiger partial charge in [-0.25, -0.2) is 0 Å². The van der Waals surface area contributed by atoms with Gasteiger partial charge >= 0.3 is 0 Å². The molecule has 1 amide bonds. The third kappa shape index (κ3) is 2.71. The van der Waals surface area contributed by atoms with E-state index >= 15 is 0 Å². The van der Waals surface area contributed by atoms with Crippen molar-refractivity contribution in [2.45, 2.75) is 13.0 Å². The molecule has 1 atom stereocenters. The molecule has 0 heterocycles. The van der Waals surface area contributed by atoms with Crippen molar-refractivity contribution in [1.29, 1.82) is 5.26 Å². The molecule has 0 aliphatic heterocycles. The van der Waals surface area contributed by atoms with E-state index < -0.39 is 6.04 Å². The number of hydrogen-bond donors (Lipinski definition) is 0. The summed E-state index contributed by atoms with van der Waals surface area (Å²) in [6.45, 7) is 1.67. The molecule has 0 aromatic heterocycles. The number of hydrogen-bond acceptors (Lipinski definition) is 2. The topological polar surface area (TPSA) is 44.1 Å². The number of nitriles is 1. The van der Waals surface area contributed by atoms with E-state index in [1.54, 1.807) is 38.2 Å². The predicted molar refractivity (Wildman–Crippen MR) is 58.6 cm³/mol. The fraction of sp³-hybridized carbons (Fsp3) is 0.273. The van der Waals surface area contributed by atoms with E-state index in [0.29, 0.717) is 10.6 Å². The van der Waals surface area contributed by atoms with Gasteiger partial charge in [-0.1, -0.05) is 11.6 Å². The summed E-state index contributed by atoms with van der Waals surface area (Å²) >= 11 is 5.71. The Hall–Kier alpha value is -1.53. The molecule has 1 aromatic rings. The van der Waals surface area contributed by atoms with E-state index in [9.17, 15) is 4.79 Å². The zero-order chi connectivity index (χ0) is 11.4. The van der Waals surface area contributed by atoms with E-state index in [2.05, 4.69) is 0 Å². The zero-order valence-corrected chi connectivity index (χ0v) is 9.32. The van der Waals surface area contributed by atoms with Crippen molar-refractivity contribution in [3.63, 3.8) is 0 Å². The molecule has 0 N–H and O–H groups in total. The lowest BCUT2D eigenvalue weighted by Crippen LogP contribution is -2.33. The van der Waals surface area contributed by atoms with Crippen LogP contribution in [0.5, 0.6) is 0 Å². The van der Waals surface area contributed by atoms with Crippen LogP contribution in [0.4, 0.5) is 0 Å². The number of carbonyl (C=O) groups is 1. The Morgan fingerprint density at radius 1 is 1.47 bits per heavy atom. The monoisotopic (exact) mass is 222 g/mol. The fourth-order valence-corrected chi connectivity index (χ4v) is 1.18. The highest BCUT2D eigenvalue weighted by molar-refractivity contribution is 6.30. The lowest BCUT2D eigenvalue weighted by atomic mass is 10.2. The average molecular weight is 223 g/mol. The molecule has 1 rings (SSSR count). The van der Waals surface area contributed by atoms with Crippen LogP contribution in [0.25, 0.3) is 0 Å². The summed E-state index contributed by atoms with van der Waals surface area (Å²) < 4.78 is 0. The van der Waals surface area contributed by atoms with E-state index in [0.717, 1.165) is 0 Å². The van der Waals surface area contributed by atoms with Gasteiger partial charge in [0.05, 0.1) is 6.07 Å². The SMILES string of the molecule is CC(C#N)N(C)C(=O)c1ccc(Cl)cc1. The molecule has 0 fully saturated rings. The Bertz CT molecular complexity index is 394. The van der Waals surface area contributed by atoms with E-state index in [1.807, 2.05) is 6.07 Å². The number of benzene rings is 1. The van der Waals surface area contributed by atoms with Crippen LogP contribution >= 0.6 is 11.6 Å². The third-order valence-electron chi connectivity index (χ3n) is 2.18. The summed E-state index contributed by atoms with van der Waals surface area (Å²) in [7, 11) is 1.60. The minimum Gasteiger partial charge on any atom is -0.326 e. The van der Waals surface area contributed by atoms with Crippen molar-refractivity contribution in [2.75, 3.05) is 7.05 Å². The van der Waals surface area contributed by atoms with E-state index in [1.165, 1.54) is 4.90 Å². The second kappa shape index (κ2) is 4.81. The first-order valence-electron chi connectivity index (χ1n) is 4.48. The minimum absolute atomic E-state index is 0.180. The van der Waals surface area contributed by atoms with Gasteiger partial charge in [0.25, 0.3) is 5.91 Å². The molecule has 0 aliphatic rings. The molecule has 0 bridgehead atoms. The molecule has 15 heavy (non-hydrogen) atoms. The van der Waals surface area contributed by atoms with Crippen molar-refractivity contribution >= 4 is 17.5 Å². The number of rotatable bonds is 2. The number of amides is 1. The summed E-state index contributed by atoms with van der Waals surface area (Å²) in [6.07, 6.45) is 0. The molecule has 3 nitrogen and oxygen atoms in total. The molecule has 1 unspecified atom stereocenters. The van der Waals surface area contributed by atoms with Crippen LogP contribution in [0, 0.1) is 11.3 Å². The van der Waals surface area contributed by atoms with Crippen molar-refractivity contribution in [3.05, 3.63) is 34.9 Å². The Kier molecular flexibility index (Phi) is 3.70. The Labute approximate surface area is 93.9 Å².